The third kappa shape index (κ3) is 1.99. The monoisotopic (exact) mass is 218 g/mol. The highest BCUT2D eigenvalue weighted by atomic mass is 35.5. The number of halogens is 1. The van der Waals surface area contributed by atoms with Gasteiger partial charge in [0.15, 0.2) is 0 Å². The largest absolute Gasteiger partial charge is 0.422 e. The van der Waals surface area contributed by atoms with Crippen LogP contribution in [-0.2, 0) is 0 Å². The number of hydrogen-bond acceptors (Lipinski definition) is 4. The van der Waals surface area contributed by atoms with Crippen LogP contribution in [0.1, 0.15) is 42.2 Å². The predicted molar refractivity (Wildman–Crippen MR) is 53.0 cm³/mol. The molecule has 1 aromatic heterocycles. The molecule has 2 rings (SSSR count). The van der Waals surface area contributed by atoms with E-state index in [4.69, 9.17) is 16.0 Å². The van der Waals surface area contributed by atoms with Gasteiger partial charge in [-0.3, -0.25) is 0 Å². The van der Waals surface area contributed by atoms with Gasteiger partial charge in [0.25, 0.3) is 0 Å². The van der Waals surface area contributed by atoms with E-state index in [2.05, 4.69) is 10.2 Å². The molecule has 3 nitrogen and oxygen atoms in total. The SMILES string of the molecule is CC(Cl)c1nnc(C2CCCS2)o1. The second-order valence-electron chi connectivity index (χ2n) is 3.10. The van der Waals surface area contributed by atoms with Gasteiger partial charge in [-0.15, -0.1) is 33.6 Å². The Morgan fingerprint density at radius 3 is 3.00 bits per heavy atom. The van der Waals surface area contributed by atoms with E-state index in [1.54, 1.807) is 0 Å². The summed E-state index contributed by atoms with van der Waals surface area (Å²) in [6.45, 7) is 1.83. The summed E-state index contributed by atoms with van der Waals surface area (Å²) < 4.78 is 5.45. The Bertz CT molecular complexity index is 283. The van der Waals surface area contributed by atoms with Crippen LogP contribution in [0.2, 0.25) is 0 Å². The van der Waals surface area contributed by atoms with Crippen LogP contribution in [-0.4, -0.2) is 16.0 Å². The van der Waals surface area contributed by atoms with E-state index in [1.165, 1.54) is 12.2 Å². The van der Waals surface area contributed by atoms with Crippen molar-refractivity contribution in [3.63, 3.8) is 0 Å². The number of thioether (sulfide) groups is 1. The molecular weight excluding hydrogens is 208 g/mol. The molecule has 0 aromatic carbocycles. The van der Waals surface area contributed by atoms with E-state index >= 15 is 0 Å². The summed E-state index contributed by atoms with van der Waals surface area (Å²) in [5.74, 6) is 2.47. The standard InChI is InChI=1S/C8H11ClN2OS/c1-5(9)7-10-11-8(12-7)6-3-2-4-13-6/h5-6H,2-4H2,1H3. The molecule has 2 atom stereocenters. The Kier molecular flexibility index (Phi) is 2.79. The first-order valence-corrected chi connectivity index (χ1v) is 5.85. The maximum atomic E-state index is 5.82. The van der Waals surface area contributed by atoms with Crippen LogP contribution in [0.15, 0.2) is 4.42 Å². The van der Waals surface area contributed by atoms with E-state index in [-0.39, 0.29) is 5.38 Å². The summed E-state index contributed by atoms with van der Waals surface area (Å²) in [4.78, 5) is 0. The average Bonchev–Trinajstić information content (AvgIpc) is 2.75. The number of hydrogen-bond donors (Lipinski definition) is 0. The Hall–Kier alpha value is -0.220. The molecule has 2 unspecified atom stereocenters. The third-order valence-corrected chi connectivity index (χ3v) is 3.55. The molecule has 1 aromatic rings. The highest BCUT2D eigenvalue weighted by Crippen LogP contribution is 2.39. The minimum absolute atomic E-state index is 0.187. The molecule has 2 heterocycles. The number of nitrogens with zero attached hydrogens (tertiary/aromatic N) is 2. The highest BCUT2D eigenvalue weighted by Gasteiger charge is 2.24. The molecule has 72 valence electrons. The van der Waals surface area contributed by atoms with E-state index in [1.807, 2.05) is 18.7 Å². The van der Waals surface area contributed by atoms with Crippen LogP contribution >= 0.6 is 23.4 Å². The molecule has 0 bridgehead atoms. The van der Waals surface area contributed by atoms with Crippen LogP contribution in [0.25, 0.3) is 0 Å². The topological polar surface area (TPSA) is 38.9 Å². The van der Waals surface area contributed by atoms with Gasteiger partial charge in [-0.25, -0.2) is 0 Å². The summed E-state index contributed by atoms with van der Waals surface area (Å²) in [5, 5.41) is 8.11. The van der Waals surface area contributed by atoms with Crippen molar-refractivity contribution in [1.29, 1.82) is 0 Å². The smallest absolute Gasteiger partial charge is 0.234 e. The highest BCUT2D eigenvalue weighted by molar-refractivity contribution is 7.99. The van der Waals surface area contributed by atoms with Gasteiger partial charge in [0.1, 0.15) is 5.38 Å². The van der Waals surface area contributed by atoms with Crippen molar-refractivity contribution in [3.05, 3.63) is 11.8 Å². The molecule has 0 spiro atoms. The van der Waals surface area contributed by atoms with Crippen molar-refractivity contribution in [1.82, 2.24) is 10.2 Å². The van der Waals surface area contributed by atoms with E-state index in [0.29, 0.717) is 11.1 Å². The fourth-order valence-corrected chi connectivity index (χ4v) is 2.59. The van der Waals surface area contributed by atoms with Crippen LogP contribution in [0.5, 0.6) is 0 Å². The minimum Gasteiger partial charge on any atom is -0.422 e. The summed E-state index contributed by atoms with van der Waals surface area (Å²) in [5.41, 5.74) is 0. The van der Waals surface area contributed by atoms with Crippen LogP contribution in [0.4, 0.5) is 0 Å². The number of rotatable bonds is 2. The van der Waals surface area contributed by atoms with Gasteiger partial charge in [-0.1, -0.05) is 0 Å². The Labute approximate surface area is 86.2 Å². The fourth-order valence-electron chi connectivity index (χ4n) is 1.31. The van der Waals surface area contributed by atoms with E-state index in [0.717, 1.165) is 12.3 Å². The second kappa shape index (κ2) is 3.88. The molecule has 5 heteroatoms. The fraction of sp³-hybridized carbons (Fsp3) is 0.750. The summed E-state index contributed by atoms with van der Waals surface area (Å²) in [7, 11) is 0. The van der Waals surface area contributed by atoms with Gasteiger partial charge in [0, 0.05) is 0 Å². The Morgan fingerprint density at radius 1 is 1.62 bits per heavy atom. The Morgan fingerprint density at radius 2 is 2.46 bits per heavy atom. The van der Waals surface area contributed by atoms with E-state index < -0.39 is 0 Å². The number of alkyl halides is 1. The van der Waals surface area contributed by atoms with Gasteiger partial charge in [-0.05, 0) is 25.5 Å². The quantitative estimate of drug-likeness (QED) is 0.716. The maximum Gasteiger partial charge on any atom is 0.234 e. The van der Waals surface area contributed by atoms with Crippen molar-refractivity contribution in [2.45, 2.75) is 30.4 Å². The lowest BCUT2D eigenvalue weighted by Crippen LogP contribution is -1.87. The minimum atomic E-state index is -0.187. The number of aromatic nitrogens is 2. The maximum absolute atomic E-state index is 5.82. The molecule has 0 saturated carbocycles. The van der Waals surface area contributed by atoms with Crippen LogP contribution in [0, 0.1) is 0 Å². The van der Waals surface area contributed by atoms with Crippen molar-refractivity contribution in [2.24, 2.45) is 0 Å². The molecular formula is C8H11ClN2OS. The van der Waals surface area contributed by atoms with E-state index in [9.17, 15) is 0 Å². The predicted octanol–water partition coefficient (Wildman–Crippen LogP) is 2.94. The molecule has 0 radical (unpaired) electrons. The Balaban J connectivity index is 2.12. The first kappa shape index (κ1) is 9.34. The van der Waals surface area contributed by atoms with Crippen LogP contribution in [0.3, 0.4) is 0 Å². The van der Waals surface area contributed by atoms with Gasteiger partial charge >= 0.3 is 0 Å². The molecule has 1 aliphatic rings. The zero-order valence-corrected chi connectivity index (χ0v) is 8.94. The second-order valence-corrected chi connectivity index (χ2v) is 5.06. The van der Waals surface area contributed by atoms with Gasteiger partial charge in [-0.2, -0.15) is 0 Å². The first-order chi connectivity index (χ1) is 6.27. The van der Waals surface area contributed by atoms with Gasteiger partial charge in [0.05, 0.1) is 5.25 Å². The molecule has 0 N–H and O–H groups in total. The normalized spacial score (nSPS) is 24.9. The lowest BCUT2D eigenvalue weighted by molar-refractivity contribution is 0.444. The molecule has 1 saturated heterocycles. The van der Waals surface area contributed by atoms with Gasteiger partial charge < -0.3 is 4.42 Å². The van der Waals surface area contributed by atoms with Crippen LogP contribution < -0.4 is 0 Å². The van der Waals surface area contributed by atoms with Gasteiger partial charge in [0.2, 0.25) is 11.8 Å². The summed E-state index contributed by atoms with van der Waals surface area (Å²) in [6, 6.07) is 0. The zero-order valence-electron chi connectivity index (χ0n) is 7.36. The van der Waals surface area contributed by atoms with Crippen molar-refractivity contribution >= 4 is 23.4 Å². The lowest BCUT2D eigenvalue weighted by atomic mass is 10.2. The molecule has 0 amide bonds. The zero-order chi connectivity index (χ0) is 9.26. The molecule has 1 aliphatic heterocycles. The van der Waals surface area contributed by atoms with Crippen molar-refractivity contribution < 1.29 is 4.42 Å². The molecule has 1 fully saturated rings. The first-order valence-electron chi connectivity index (χ1n) is 4.36. The van der Waals surface area contributed by atoms with Crippen molar-refractivity contribution in [3.8, 4) is 0 Å². The lowest BCUT2D eigenvalue weighted by Gasteiger charge is -2.00. The average molecular weight is 219 g/mol. The third-order valence-electron chi connectivity index (χ3n) is 2.00. The summed E-state index contributed by atoms with van der Waals surface area (Å²) in [6.07, 6.45) is 2.38. The summed E-state index contributed by atoms with van der Waals surface area (Å²) >= 11 is 7.70. The molecule has 13 heavy (non-hydrogen) atoms. The molecule has 0 aliphatic carbocycles. The van der Waals surface area contributed by atoms with Crippen molar-refractivity contribution in [2.75, 3.05) is 5.75 Å².